The summed E-state index contributed by atoms with van der Waals surface area (Å²) < 4.78 is 8.14. The van der Waals surface area contributed by atoms with Crippen LogP contribution in [0.3, 0.4) is 0 Å². The number of fused-ring (bicyclic) bond motifs is 2. The minimum Gasteiger partial charge on any atom is -0.361 e. The van der Waals surface area contributed by atoms with Crippen molar-refractivity contribution in [2.75, 3.05) is 26.7 Å². The monoisotopic (exact) mass is 324 g/mol. The number of benzene rings is 1. The molecule has 2 heterocycles. The van der Waals surface area contributed by atoms with Crippen LogP contribution in [0.5, 0.6) is 0 Å². The summed E-state index contributed by atoms with van der Waals surface area (Å²) in [6.45, 7) is 6.34. The number of aromatic nitrogens is 1. The Labute approximate surface area is 144 Å². The molecule has 24 heavy (non-hydrogen) atoms. The zero-order chi connectivity index (χ0) is 17.7. The summed E-state index contributed by atoms with van der Waals surface area (Å²) in [4.78, 5) is 20.4. The molecule has 1 aromatic carbocycles. The number of carbonyl (C=O) groups excluding carboxylic acids is 1. The first-order valence-corrected chi connectivity index (χ1v) is 8.85. The average molecular weight is 324 g/mol. The van der Waals surface area contributed by atoms with E-state index < -0.39 is 0 Å². The molecule has 2 aromatic rings. The Morgan fingerprint density at radius 3 is 3.00 bits per heavy atom. The van der Waals surface area contributed by atoms with Crippen LogP contribution < -0.4 is 0 Å². The number of carbonyl (C=O) groups is 1. The molecule has 1 aliphatic heterocycles. The van der Waals surface area contributed by atoms with Crippen LogP contribution in [0.25, 0.3) is 16.5 Å². The van der Waals surface area contributed by atoms with E-state index in [-0.39, 0.29) is 11.8 Å². The standard InChI is InChI=1S/C20H25N3O/c1-4-23(5-2)20(24)14-9-16-15-7-6-8-17-19(15)13(11-21-17)10-18(16)22(3)12-14/h6-9,11,14,18,21H,4-5,10,12H2,1-3H3/t14-,18-/m1/s1/i8D. The van der Waals surface area contributed by atoms with Gasteiger partial charge >= 0.3 is 0 Å². The summed E-state index contributed by atoms with van der Waals surface area (Å²) >= 11 is 0. The van der Waals surface area contributed by atoms with Crippen LogP contribution in [0, 0.1) is 5.92 Å². The van der Waals surface area contributed by atoms with Gasteiger partial charge in [-0.15, -0.1) is 0 Å². The smallest absolute Gasteiger partial charge is 0.230 e. The molecule has 2 atom stereocenters. The average Bonchev–Trinajstić information content (AvgIpc) is 3.04. The maximum atomic E-state index is 12.9. The third kappa shape index (κ3) is 2.20. The number of hydrogen-bond donors (Lipinski definition) is 1. The van der Waals surface area contributed by atoms with Crippen LogP contribution in [0.15, 0.2) is 30.4 Å². The highest BCUT2D eigenvalue weighted by Crippen LogP contribution is 2.40. The number of H-pyrrole nitrogens is 1. The predicted molar refractivity (Wildman–Crippen MR) is 97.8 cm³/mol. The molecule has 0 unspecified atom stereocenters. The van der Waals surface area contributed by atoms with Crippen LogP contribution in [0.4, 0.5) is 0 Å². The Balaban J connectivity index is 1.82. The van der Waals surface area contributed by atoms with E-state index in [2.05, 4.69) is 29.1 Å². The number of nitrogens with zero attached hydrogens (tertiary/aromatic N) is 2. The number of nitrogens with one attached hydrogen (secondary N) is 1. The second-order valence-electron chi connectivity index (χ2n) is 6.85. The summed E-state index contributed by atoms with van der Waals surface area (Å²) in [5.41, 5.74) is 4.62. The predicted octanol–water partition coefficient (Wildman–Crippen LogP) is 2.91. The SMILES string of the molecule is [2H]c1ccc2c3c(c[nH]c13)C[C@@H]1C2=C[C@@H](C(=O)N(CC)CC)CN1C. The normalized spacial score (nSPS) is 23.6. The van der Waals surface area contributed by atoms with Gasteiger partial charge in [0, 0.05) is 42.8 Å². The highest BCUT2D eigenvalue weighted by Gasteiger charge is 2.36. The summed E-state index contributed by atoms with van der Waals surface area (Å²) in [6.07, 6.45) is 5.18. The Hall–Kier alpha value is -2.07. The molecule has 0 fully saturated rings. The number of rotatable bonds is 3. The minimum absolute atomic E-state index is 0.0950. The maximum absolute atomic E-state index is 12.9. The summed E-state index contributed by atoms with van der Waals surface area (Å²) in [5, 5.41) is 1.17. The van der Waals surface area contributed by atoms with Crippen molar-refractivity contribution in [2.45, 2.75) is 26.3 Å². The molecular weight excluding hydrogens is 298 g/mol. The fourth-order valence-corrected chi connectivity index (χ4v) is 4.30. The first-order valence-electron chi connectivity index (χ1n) is 9.35. The van der Waals surface area contributed by atoms with Gasteiger partial charge in [0.05, 0.1) is 7.29 Å². The zero-order valence-corrected chi connectivity index (χ0v) is 14.6. The molecule has 0 bridgehead atoms. The van der Waals surface area contributed by atoms with Gasteiger partial charge in [-0.3, -0.25) is 9.69 Å². The highest BCUT2D eigenvalue weighted by molar-refractivity contribution is 5.99. The van der Waals surface area contributed by atoms with E-state index in [1.54, 1.807) is 0 Å². The van der Waals surface area contributed by atoms with Gasteiger partial charge < -0.3 is 9.88 Å². The molecule has 1 N–H and O–H groups in total. The van der Waals surface area contributed by atoms with Crippen molar-refractivity contribution >= 4 is 22.4 Å². The van der Waals surface area contributed by atoms with Gasteiger partial charge in [0.2, 0.25) is 5.91 Å². The second kappa shape index (κ2) is 5.78. The van der Waals surface area contributed by atoms with Crippen molar-refractivity contribution in [2.24, 2.45) is 5.92 Å². The quantitative estimate of drug-likeness (QED) is 0.943. The molecular formula is C20H25N3O. The van der Waals surface area contributed by atoms with Gasteiger partial charge in [-0.1, -0.05) is 18.2 Å². The van der Waals surface area contributed by atoms with E-state index >= 15 is 0 Å². The lowest BCUT2D eigenvalue weighted by atomic mass is 9.79. The topological polar surface area (TPSA) is 39.3 Å². The van der Waals surface area contributed by atoms with Crippen molar-refractivity contribution in [1.29, 1.82) is 0 Å². The van der Waals surface area contributed by atoms with E-state index in [1.165, 1.54) is 22.1 Å². The molecule has 4 rings (SSSR count). The minimum atomic E-state index is -0.0950. The molecule has 1 aromatic heterocycles. The summed E-state index contributed by atoms with van der Waals surface area (Å²) in [7, 11) is 2.12. The van der Waals surface area contributed by atoms with Gasteiger partial charge in [0.25, 0.3) is 0 Å². The number of likely N-dealkylation sites (N-methyl/N-ethyl adjacent to an activating group) is 1. The lowest BCUT2D eigenvalue weighted by molar-refractivity contribution is -0.134. The highest BCUT2D eigenvalue weighted by atomic mass is 16.2. The van der Waals surface area contributed by atoms with Crippen LogP contribution in [0.1, 0.15) is 26.3 Å². The van der Waals surface area contributed by atoms with E-state index in [0.717, 1.165) is 31.6 Å². The van der Waals surface area contributed by atoms with Crippen molar-refractivity contribution in [3.8, 4) is 0 Å². The number of aromatic amines is 1. The fraction of sp³-hybridized carbons (Fsp3) is 0.450. The van der Waals surface area contributed by atoms with Gasteiger partial charge in [-0.25, -0.2) is 0 Å². The molecule has 126 valence electrons. The molecule has 1 aliphatic carbocycles. The molecule has 2 aliphatic rings. The maximum Gasteiger partial charge on any atom is 0.230 e. The number of amides is 1. The first kappa shape index (κ1) is 14.3. The Bertz CT molecular complexity index is 865. The van der Waals surface area contributed by atoms with Gasteiger partial charge in [0.15, 0.2) is 0 Å². The van der Waals surface area contributed by atoms with Gasteiger partial charge in [0.1, 0.15) is 0 Å². The van der Waals surface area contributed by atoms with Crippen LogP contribution in [0.2, 0.25) is 0 Å². The summed E-state index contributed by atoms with van der Waals surface area (Å²) in [6, 6.07) is 4.75. The number of hydrogen-bond acceptors (Lipinski definition) is 2. The van der Waals surface area contributed by atoms with Crippen molar-refractivity contribution in [3.63, 3.8) is 0 Å². The van der Waals surface area contributed by atoms with Crippen LogP contribution in [-0.4, -0.2) is 53.4 Å². The van der Waals surface area contributed by atoms with Gasteiger partial charge in [-0.05, 0) is 50.1 Å². The van der Waals surface area contributed by atoms with Crippen molar-refractivity contribution in [3.05, 3.63) is 41.6 Å². The van der Waals surface area contributed by atoms with Crippen LogP contribution >= 0.6 is 0 Å². The lowest BCUT2D eigenvalue weighted by Gasteiger charge is -2.40. The lowest BCUT2D eigenvalue weighted by Crippen LogP contribution is -2.47. The van der Waals surface area contributed by atoms with E-state index in [4.69, 9.17) is 1.37 Å². The fourth-order valence-electron chi connectivity index (χ4n) is 4.30. The van der Waals surface area contributed by atoms with E-state index in [1.807, 2.05) is 31.0 Å². The molecule has 0 saturated heterocycles. The van der Waals surface area contributed by atoms with E-state index in [0.29, 0.717) is 12.1 Å². The molecule has 4 nitrogen and oxygen atoms in total. The molecule has 1 amide bonds. The zero-order valence-electron chi connectivity index (χ0n) is 15.6. The van der Waals surface area contributed by atoms with Gasteiger partial charge in [-0.2, -0.15) is 0 Å². The molecule has 0 spiro atoms. The third-order valence-electron chi connectivity index (χ3n) is 5.58. The first-order chi connectivity index (χ1) is 12.0. The van der Waals surface area contributed by atoms with Crippen molar-refractivity contribution < 1.29 is 6.17 Å². The van der Waals surface area contributed by atoms with Crippen molar-refractivity contribution in [1.82, 2.24) is 14.8 Å². The third-order valence-corrected chi connectivity index (χ3v) is 5.58. The Morgan fingerprint density at radius 2 is 2.25 bits per heavy atom. The van der Waals surface area contributed by atoms with E-state index in [9.17, 15) is 4.79 Å². The largest absolute Gasteiger partial charge is 0.361 e. The Morgan fingerprint density at radius 1 is 1.46 bits per heavy atom. The molecule has 0 radical (unpaired) electrons. The molecule has 0 saturated carbocycles. The van der Waals surface area contributed by atoms with Crippen LogP contribution in [-0.2, 0) is 11.2 Å². The molecule has 4 heteroatoms. The second-order valence-corrected chi connectivity index (χ2v) is 6.85. The Kier molecular flexibility index (Phi) is 3.44. The summed E-state index contributed by atoms with van der Waals surface area (Å²) in [5.74, 6) is 0.124.